The number of ether oxygens (including phenoxy) is 1. The van der Waals surface area contributed by atoms with Gasteiger partial charge in [0, 0.05) is 17.7 Å². The van der Waals surface area contributed by atoms with Crippen molar-refractivity contribution < 1.29 is 31.9 Å². The van der Waals surface area contributed by atoms with Crippen LogP contribution in [0.15, 0.2) is 83.3 Å². The molecule has 13 heteroatoms. The third kappa shape index (κ3) is 5.32. The highest BCUT2D eigenvalue weighted by Crippen LogP contribution is 2.29. The van der Waals surface area contributed by atoms with Gasteiger partial charge in [0.2, 0.25) is 0 Å². The average Bonchev–Trinajstić information content (AvgIpc) is 2.87. The van der Waals surface area contributed by atoms with Crippen LogP contribution in [0.4, 0.5) is 11.4 Å². The third-order valence-electron chi connectivity index (χ3n) is 5.19. The summed E-state index contributed by atoms with van der Waals surface area (Å²) in [6.45, 7) is 0. The lowest BCUT2D eigenvalue weighted by molar-refractivity contribution is -0.384. The second-order valence-corrected chi connectivity index (χ2v) is 9.42. The van der Waals surface area contributed by atoms with Gasteiger partial charge in [0.1, 0.15) is 22.0 Å². The number of thiocarbonyl (C=S) groups is 1. The zero-order valence-electron chi connectivity index (χ0n) is 19.0. The first-order valence-corrected chi connectivity index (χ1v) is 12.3. The number of anilines is 1. The van der Waals surface area contributed by atoms with Crippen molar-refractivity contribution in [2.45, 2.75) is 4.90 Å². The molecule has 1 saturated heterocycles. The second-order valence-electron chi connectivity index (χ2n) is 7.48. The third-order valence-corrected chi connectivity index (χ3v) is 6.72. The van der Waals surface area contributed by atoms with Crippen molar-refractivity contribution >= 4 is 56.7 Å². The molecule has 188 valence electrons. The van der Waals surface area contributed by atoms with Crippen LogP contribution < -0.4 is 19.1 Å². The predicted molar refractivity (Wildman–Crippen MR) is 137 cm³/mol. The number of nitro benzene ring substituents is 1. The number of nitrogens with one attached hydrogen (secondary N) is 1. The molecule has 11 nitrogen and oxygen atoms in total. The fourth-order valence-electron chi connectivity index (χ4n) is 3.36. The van der Waals surface area contributed by atoms with Gasteiger partial charge in [-0.3, -0.25) is 29.9 Å². The zero-order chi connectivity index (χ0) is 26.7. The standard InChI is InChI=1S/C24H17N3O8S2/c1-34-18-10-6-16(7-11-18)26-23(29)20(22(28)25-24(26)36)14-15-4-2-3-5-21(15)35-37(32,33)19-12-8-17(9-13-19)27(30)31/h2-14H,1H3,(H,25,28,36)/b20-14-. The van der Waals surface area contributed by atoms with Gasteiger partial charge in [0.25, 0.3) is 17.5 Å². The molecule has 1 heterocycles. The number of non-ortho nitro benzene ring substituents is 1. The molecular formula is C24H17N3O8S2. The Bertz CT molecular complexity index is 1550. The van der Waals surface area contributed by atoms with Crippen LogP contribution in [0.3, 0.4) is 0 Å². The van der Waals surface area contributed by atoms with Gasteiger partial charge in [0.05, 0.1) is 17.7 Å². The van der Waals surface area contributed by atoms with E-state index in [0.29, 0.717) is 11.4 Å². The first kappa shape index (κ1) is 25.5. The number of rotatable bonds is 7. The predicted octanol–water partition coefficient (Wildman–Crippen LogP) is 3.20. The molecule has 0 atom stereocenters. The smallest absolute Gasteiger partial charge is 0.339 e. The molecular weight excluding hydrogens is 522 g/mol. The molecule has 1 N–H and O–H groups in total. The molecule has 3 aromatic carbocycles. The maximum atomic E-state index is 13.3. The number of carbonyl (C=O) groups excluding carboxylic acids is 2. The summed E-state index contributed by atoms with van der Waals surface area (Å²) in [5, 5.41) is 13.2. The fourth-order valence-corrected chi connectivity index (χ4v) is 4.59. The van der Waals surface area contributed by atoms with Crippen molar-refractivity contribution in [1.82, 2.24) is 5.32 Å². The van der Waals surface area contributed by atoms with Crippen molar-refractivity contribution in [2.24, 2.45) is 0 Å². The molecule has 0 unspecified atom stereocenters. The first-order chi connectivity index (χ1) is 17.6. The van der Waals surface area contributed by atoms with Gasteiger partial charge >= 0.3 is 10.1 Å². The number of para-hydroxylation sites is 1. The Balaban J connectivity index is 1.67. The fraction of sp³-hybridized carbons (Fsp3) is 0.0417. The summed E-state index contributed by atoms with van der Waals surface area (Å²) in [5.41, 5.74) is -0.0978. The monoisotopic (exact) mass is 539 g/mol. The van der Waals surface area contributed by atoms with E-state index < -0.39 is 26.9 Å². The van der Waals surface area contributed by atoms with Crippen molar-refractivity contribution in [2.75, 3.05) is 12.0 Å². The molecule has 0 spiro atoms. The van der Waals surface area contributed by atoms with Crippen LogP contribution >= 0.6 is 12.2 Å². The molecule has 1 aliphatic heterocycles. The number of benzene rings is 3. The average molecular weight is 540 g/mol. The Kier molecular flexibility index (Phi) is 7.00. The van der Waals surface area contributed by atoms with E-state index in [0.717, 1.165) is 29.2 Å². The van der Waals surface area contributed by atoms with E-state index >= 15 is 0 Å². The Morgan fingerprint density at radius 2 is 1.65 bits per heavy atom. The highest BCUT2D eigenvalue weighted by atomic mass is 32.2. The molecule has 37 heavy (non-hydrogen) atoms. The molecule has 0 radical (unpaired) electrons. The van der Waals surface area contributed by atoms with Crippen molar-refractivity contribution in [3.05, 3.63) is 94.0 Å². The van der Waals surface area contributed by atoms with E-state index in [-0.39, 0.29) is 32.6 Å². The largest absolute Gasteiger partial charge is 0.497 e. The molecule has 0 saturated carbocycles. The van der Waals surface area contributed by atoms with Gasteiger partial charge in [-0.1, -0.05) is 18.2 Å². The lowest BCUT2D eigenvalue weighted by Crippen LogP contribution is -2.54. The van der Waals surface area contributed by atoms with Gasteiger partial charge in [0.15, 0.2) is 5.11 Å². The molecule has 0 aliphatic carbocycles. The zero-order valence-corrected chi connectivity index (χ0v) is 20.6. The van der Waals surface area contributed by atoms with E-state index in [2.05, 4.69) is 5.32 Å². The summed E-state index contributed by atoms with van der Waals surface area (Å²) >= 11 is 5.19. The van der Waals surface area contributed by atoms with E-state index in [1.165, 1.54) is 31.4 Å². The SMILES string of the molecule is COc1ccc(N2C(=O)/C(=C\c3ccccc3OS(=O)(=O)c3ccc([N+](=O)[O-])cc3)C(=O)NC2=S)cc1. The van der Waals surface area contributed by atoms with Gasteiger partial charge in [-0.15, -0.1) is 0 Å². The number of hydrogen-bond acceptors (Lipinski definition) is 9. The van der Waals surface area contributed by atoms with Crippen LogP contribution in [0.1, 0.15) is 5.56 Å². The molecule has 2 amide bonds. The summed E-state index contributed by atoms with van der Waals surface area (Å²) in [6, 6.07) is 16.4. The summed E-state index contributed by atoms with van der Waals surface area (Å²) in [4.78, 5) is 36.9. The minimum absolute atomic E-state index is 0.119. The van der Waals surface area contributed by atoms with Gasteiger partial charge in [-0.2, -0.15) is 8.42 Å². The van der Waals surface area contributed by atoms with Crippen LogP contribution in [-0.2, 0) is 19.7 Å². The minimum atomic E-state index is -4.40. The maximum Gasteiger partial charge on any atom is 0.339 e. The van der Waals surface area contributed by atoms with Crippen LogP contribution in [0, 0.1) is 10.1 Å². The van der Waals surface area contributed by atoms with E-state index in [1.54, 1.807) is 30.3 Å². The lowest BCUT2D eigenvalue weighted by Gasteiger charge is -2.29. The van der Waals surface area contributed by atoms with Gasteiger partial charge < -0.3 is 8.92 Å². The summed E-state index contributed by atoms with van der Waals surface area (Å²) in [7, 11) is -2.90. The Morgan fingerprint density at radius 1 is 1.00 bits per heavy atom. The van der Waals surface area contributed by atoms with Crippen LogP contribution in [0.25, 0.3) is 6.08 Å². The van der Waals surface area contributed by atoms with E-state index in [9.17, 15) is 28.1 Å². The topological polar surface area (TPSA) is 145 Å². The quantitative estimate of drug-likeness (QED) is 0.119. The maximum absolute atomic E-state index is 13.3. The number of amides is 2. The first-order valence-electron chi connectivity index (χ1n) is 10.4. The molecule has 1 fully saturated rings. The molecule has 3 aromatic rings. The van der Waals surface area contributed by atoms with Crippen molar-refractivity contribution in [3.8, 4) is 11.5 Å². The van der Waals surface area contributed by atoms with Crippen molar-refractivity contribution in [1.29, 1.82) is 0 Å². The van der Waals surface area contributed by atoms with Crippen LogP contribution in [-0.4, -0.2) is 37.4 Å². The molecule has 1 aliphatic rings. The number of hydrogen-bond donors (Lipinski definition) is 1. The van der Waals surface area contributed by atoms with Crippen LogP contribution in [0.2, 0.25) is 0 Å². The molecule has 4 rings (SSSR count). The summed E-state index contributed by atoms with van der Waals surface area (Å²) < 4.78 is 36.0. The summed E-state index contributed by atoms with van der Waals surface area (Å²) in [6.07, 6.45) is 1.19. The normalized spacial score (nSPS) is 14.9. The lowest BCUT2D eigenvalue weighted by atomic mass is 10.1. The second kappa shape index (κ2) is 10.2. The van der Waals surface area contributed by atoms with Crippen molar-refractivity contribution in [3.63, 3.8) is 0 Å². The number of carbonyl (C=O) groups is 2. The van der Waals surface area contributed by atoms with E-state index in [4.69, 9.17) is 21.1 Å². The number of nitro groups is 1. The molecule has 0 bridgehead atoms. The highest BCUT2D eigenvalue weighted by Gasteiger charge is 2.35. The van der Waals surface area contributed by atoms with E-state index in [1.807, 2.05) is 0 Å². The summed E-state index contributed by atoms with van der Waals surface area (Å²) in [5.74, 6) is -1.11. The number of nitrogens with zero attached hydrogens (tertiary/aromatic N) is 2. The van der Waals surface area contributed by atoms with Crippen LogP contribution in [0.5, 0.6) is 11.5 Å². The number of methoxy groups -OCH3 is 1. The van der Waals surface area contributed by atoms with Gasteiger partial charge in [-0.25, -0.2) is 0 Å². The Labute approximate surface area is 216 Å². The highest BCUT2D eigenvalue weighted by molar-refractivity contribution is 7.87. The minimum Gasteiger partial charge on any atom is -0.497 e. The van der Waals surface area contributed by atoms with Gasteiger partial charge in [-0.05, 0) is 60.8 Å². The Morgan fingerprint density at radius 3 is 2.27 bits per heavy atom. The molecule has 0 aromatic heterocycles. The Hall–Kier alpha value is -4.62.